The molecule has 5 nitrogen and oxygen atoms in total. The lowest BCUT2D eigenvalue weighted by Crippen LogP contribution is -2.15. The first-order valence-corrected chi connectivity index (χ1v) is 4.38. The van der Waals surface area contributed by atoms with Crippen LogP contribution in [0.5, 0.6) is 0 Å². The molecule has 1 aromatic carbocycles. The summed E-state index contributed by atoms with van der Waals surface area (Å²) in [6.45, 7) is 0. The van der Waals surface area contributed by atoms with Gasteiger partial charge in [-0.1, -0.05) is 11.6 Å². The van der Waals surface area contributed by atoms with Crippen LogP contribution in [0, 0.1) is 0 Å². The number of rotatable bonds is 1. The third-order valence-corrected chi connectivity index (χ3v) is 2.11. The second-order valence-electron chi connectivity index (χ2n) is 2.88. The summed E-state index contributed by atoms with van der Waals surface area (Å²) >= 11 is 5.70. The quantitative estimate of drug-likeness (QED) is 0.764. The maximum absolute atomic E-state index is 11.4. The van der Waals surface area contributed by atoms with Gasteiger partial charge in [0, 0.05) is 5.02 Å². The summed E-state index contributed by atoms with van der Waals surface area (Å²) in [5, 5.41) is 9.38. The van der Waals surface area contributed by atoms with Crippen LogP contribution < -0.4 is 5.56 Å². The van der Waals surface area contributed by atoms with E-state index in [1.54, 1.807) is 6.07 Å². The summed E-state index contributed by atoms with van der Waals surface area (Å²) in [5.41, 5.74) is -0.224. The molecule has 0 radical (unpaired) electrons. The van der Waals surface area contributed by atoms with Gasteiger partial charge in [0.15, 0.2) is 0 Å². The van der Waals surface area contributed by atoms with Gasteiger partial charge in [-0.2, -0.15) is 0 Å². The minimum Gasteiger partial charge on any atom is -0.475 e. The third kappa shape index (κ3) is 1.69. The molecule has 0 unspecified atom stereocenters. The Labute approximate surface area is 88.3 Å². The summed E-state index contributed by atoms with van der Waals surface area (Å²) in [6, 6.07) is 4.48. The summed E-state index contributed by atoms with van der Waals surface area (Å²) in [6.07, 6.45) is 0. The monoisotopic (exact) mass is 224 g/mol. The van der Waals surface area contributed by atoms with Crippen molar-refractivity contribution in [3.05, 3.63) is 39.4 Å². The summed E-state index contributed by atoms with van der Waals surface area (Å²) in [5.74, 6) is -1.68. The molecule has 0 atom stereocenters. The Bertz CT molecular complexity index is 606. The smallest absolute Gasteiger partial charge is 0.372 e. The fourth-order valence-corrected chi connectivity index (χ4v) is 1.38. The number of hydrogen-bond acceptors (Lipinski definition) is 3. The van der Waals surface area contributed by atoms with Gasteiger partial charge in [-0.3, -0.25) is 4.79 Å². The fraction of sp³-hybridized carbons (Fsp3) is 0. The number of nitrogens with one attached hydrogen (secondary N) is 1. The zero-order valence-corrected chi connectivity index (χ0v) is 8.08. The molecular weight excluding hydrogens is 220 g/mol. The standard InChI is InChI=1S/C9H5ClN2O3/c10-4-1-2-5-6(3-4)11-7(9(14)15)12-8(5)13/h1-3H,(H,14,15)(H,11,12,13). The van der Waals surface area contributed by atoms with E-state index >= 15 is 0 Å². The van der Waals surface area contributed by atoms with Crippen LogP contribution in [0.15, 0.2) is 23.0 Å². The molecule has 0 aliphatic rings. The number of H-pyrrole nitrogens is 1. The lowest BCUT2D eigenvalue weighted by molar-refractivity contribution is 0.0683. The first kappa shape index (κ1) is 9.67. The van der Waals surface area contributed by atoms with E-state index in [9.17, 15) is 9.59 Å². The van der Waals surface area contributed by atoms with Gasteiger partial charge < -0.3 is 10.1 Å². The number of carbonyl (C=O) groups is 1. The Kier molecular flexibility index (Phi) is 2.17. The van der Waals surface area contributed by atoms with Crippen LogP contribution in [0.3, 0.4) is 0 Å². The number of aromatic amines is 1. The molecule has 0 bridgehead atoms. The van der Waals surface area contributed by atoms with Gasteiger partial charge in [0.2, 0.25) is 5.82 Å². The Morgan fingerprint density at radius 2 is 2.20 bits per heavy atom. The van der Waals surface area contributed by atoms with Gasteiger partial charge in [-0.05, 0) is 18.2 Å². The van der Waals surface area contributed by atoms with Crippen molar-refractivity contribution in [1.29, 1.82) is 0 Å². The molecule has 2 rings (SSSR count). The largest absolute Gasteiger partial charge is 0.475 e. The molecular formula is C9H5ClN2O3. The summed E-state index contributed by atoms with van der Waals surface area (Å²) < 4.78 is 0. The van der Waals surface area contributed by atoms with Gasteiger partial charge in [0.1, 0.15) is 0 Å². The molecule has 0 amide bonds. The van der Waals surface area contributed by atoms with Gasteiger partial charge in [0.05, 0.1) is 10.9 Å². The van der Waals surface area contributed by atoms with Crippen LogP contribution in [0.4, 0.5) is 0 Å². The fourth-order valence-electron chi connectivity index (χ4n) is 1.21. The van der Waals surface area contributed by atoms with Crippen LogP contribution in [0.2, 0.25) is 5.02 Å². The first-order chi connectivity index (χ1) is 7.08. The average Bonchev–Trinajstić information content (AvgIpc) is 2.16. The number of fused-ring (bicyclic) bond motifs is 1. The second kappa shape index (κ2) is 3.36. The third-order valence-electron chi connectivity index (χ3n) is 1.87. The molecule has 0 spiro atoms. The zero-order chi connectivity index (χ0) is 11.0. The number of benzene rings is 1. The van der Waals surface area contributed by atoms with Gasteiger partial charge in [-0.15, -0.1) is 0 Å². The second-order valence-corrected chi connectivity index (χ2v) is 3.32. The molecule has 0 aliphatic carbocycles. The van der Waals surface area contributed by atoms with Gasteiger partial charge >= 0.3 is 5.97 Å². The van der Waals surface area contributed by atoms with E-state index in [0.717, 1.165) is 0 Å². The molecule has 2 N–H and O–H groups in total. The van der Waals surface area contributed by atoms with Crippen molar-refractivity contribution in [2.75, 3.05) is 0 Å². The van der Waals surface area contributed by atoms with Gasteiger partial charge in [0.25, 0.3) is 5.56 Å². The van der Waals surface area contributed by atoms with Crippen LogP contribution in [0.25, 0.3) is 10.9 Å². The number of aromatic carboxylic acids is 1. The van der Waals surface area contributed by atoms with Crippen molar-refractivity contribution in [2.45, 2.75) is 0 Å². The molecule has 0 saturated heterocycles. The lowest BCUT2D eigenvalue weighted by Gasteiger charge is -1.98. The highest BCUT2D eigenvalue weighted by Crippen LogP contribution is 2.14. The van der Waals surface area contributed by atoms with E-state index in [1.807, 2.05) is 0 Å². The Morgan fingerprint density at radius 1 is 1.47 bits per heavy atom. The minimum absolute atomic E-state index is 0.267. The van der Waals surface area contributed by atoms with E-state index in [0.29, 0.717) is 10.4 Å². The van der Waals surface area contributed by atoms with E-state index < -0.39 is 17.4 Å². The van der Waals surface area contributed by atoms with Crippen LogP contribution in [0.1, 0.15) is 10.6 Å². The maximum atomic E-state index is 11.4. The number of carboxylic acid groups (broad SMARTS) is 1. The SMILES string of the molecule is O=C(O)c1nc2cc(Cl)ccc2c(=O)[nH]1. The molecule has 76 valence electrons. The Morgan fingerprint density at radius 3 is 2.87 bits per heavy atom. The molecule has 15 heavy (non-hydrogen) atoms. The molecule has 1 aromatic heterocycles. The van der Waals surface area contributed by atoms with Crippen LogP contribution in [-0.2, 0) is 0 Å². The number of nitrogens with zero attached hydrogens (tertiary/aromatic N) is 1. The van der Waals surface area contributed by atoms with Crippen molar-refractivity contribution in [3.8, 4) is 0 Å². The predicted octanol–water partition coefficient (Wildman–Crippen LogP) is 1.27. The molecule has 1 heterocycles. The molecule has 2 aromatic rings. The summed E-state index contributed by atoms with van der Waals surface area (Å²) in [4.78, 5) is 27.9. The molecule has 0 aliphatic heterocycles. The molecule has 0 saturated carbocycles. The first-order valence-electron chi connectivity index (χ1n) is 4.01. The van der Waals surface area contributed by atoms with Crippen molar-refractivity contribution in [3.63, 3.8) is 0 Å². The maximum Gasteiger partial charge on any atom is 0.372 e. The van der Waals surface area contributed by atoms with Crippen molar-refractivity contribution in [2.24, 2.45) is 0 Å². The zero-order valence-electron chi connectivity index (χ0n) is 7.32. The van der Waals surface area contributed by atoms with E-state index in [1.165, 1.54) is 12.1 Å². The molecule has 0 fully saturated rings. The van der Waals surface area contributed by atoms with Crippen molar-refractivity contribution < 1.29 is 9.90 Å². The number of halogens is 1. The molecule has 6 heteroatoms. The van der Waals surface area contributed by atoms with Crippen LogP contribution in [-0.4, -0.2) is 21.0 Å². The highest BCUT2D eigenvalue weighted by molar-refractivity contribution is 6.31. The van der Waals surface area contributed by atoms with E-state index in [-0.39, 0.29) is 5.52 Å². The highest BCUT2D eigenvalue weighted by Gasteiger charge is 2.09. The summed E-state index contributed by atoms with van der Waals surface area (Å²) in [7, 11) is 0. The number of carboxylic acids is 1. The topological polar surface area (TPSA) is 83.0 Å². The van der Waals surface area contributed by atoms with Crippen LogP contribution >= 0.6 is 11.6 Å². The van der Waals surface area contributed by atoms with E-state index in [2.05, 4.69) is 9.97 Å². The normalized spacial score (nSPS) is 10.5. The predicted molar refractivity (Wildman–Crippen MR) is 54.3 cm³/mol. The number of aromatic nitrogens is 2. The van der Waals surface area contributed by atoms with Crippen molar-refractivity contribution in [1.82, 2.24) is 9.97 Å². The average molecular weight is 225 g/mol. The van der Waals surface area contributed by atoms with Crippen molar-refractivity contribution >= 4 is 28.5 Å². The van der Waals surface area contributed by atoms with Gasteiger partial charge in [-0.25, -0.2) is 9.78 Å². The van der Waals surface area contributed by atoms with E-state index in [4.69, 9.17) is 16.7 Å². The Hall–Kier alpha value is -1.88. The highest BCUT2D eigenvalue weighted by atomic mass is 35.5. The Balaban J connectivity index is 2.85. The number of hydrogen-bond donors (Lipinski definition) is 2. The minimum atomic E-state index is -1.28. The lowest BCUT2D eigenvalue weighted by atomic mass is 10.2.